The van der Waals surface area contributed by atoms with Crippen molar-refractivity contribution in [2.24, 2.45) is 4.99 Å². The lowest BCUT2D eigenvalue weighted by atomic mass is 10.1. The minimum absolute atomic E-state index is 0.500. The topological polar surface area (TPSA) is 40.0 Å². The summed E-state index contributed by atoms with van der Waals surface area (Å²) in [5, 5.41) is 0. The first kappa shape index (κ1) is 19.5. The second-order valence-electron chi connectivity index (χ2n) is 6.37. The molecule has 28 heavy (non-hydrogen) atoms. The van der Waals surface area contributed by atoms with E-state index in [1.165, 1.54) is 5.56 Å². The molecule has 3 aromatic carbocycles. The van der Waals surface area contributed by atoms with Gasteiger partial charge in [0, 0.05) is 6.21 Å². The van der Waals surface area contributed by atoms with Crippen molar-refractivity contribution < 1.29 is 14.2 Å². The minimum Gasteiger partial charge on any atom is -0.497 e. The minimum atomic E-state index is 0.500. The van der Waals surface area contributed by atoms with Crippen LogP contribution in [-0.2, 0) is 6.61 Å². The maximum absolute atomic E-state index is 5.98. The van der Waals surface area contributed by atoms with E-state index in [0.29, 0.717) is 19.0 Å². The van der Waals surface area contributed by atoms with E-state index < -0.39 is 0 Å². The lowest BCUT2D eigenvalue weighted by Crippen LogP contribution is -2.00. The molecule has 0 atom stereocenters. The van der Waals surface area contributed by atoms with Crippen LogP contribution in [0.4, 0.5) is 5.69 Å². The Balaban J connectivity index is 1.72. The van der Waals surface area contributed by atoms with Crippen LogP contribution in [0.15, 0.2) is 71.7 Å². The molecule has 4 heteroatoms. The third-order valence-electron chi connectivity index (χ3n) is 4.22. The fourth-order valence-electron chi connectivity index (χ4n) is 2.66. The summed E-state index contributed by atoms with van der Waals surface area (Å²) < 4.78 is 16.9. The number of benzene rings is 3. The molecule has 0 aliphatic rings. The van der Waals surface area contributed by atoms with Gasteiger partial charge in [0.05, 0.1) is 19.4 Å². The quantitative estimate of drug-likeness (QED) is 0.472. The third-order valence-corrected chi connectivity index (χ3v) is 4.22. The lowest BCUT2D eigenvalue weighted by Gasteiger charge is -2.13. The molecule has 0 spiro atoms. The Bertz CT molecular complexity index is 916. The molecule has 0 heterocycles. The molecule has 0 unspecified atom stereocenters. The first-order chi connectivity index (χ1) is 13.7. The Kier molecular flexibility index (Phi) is 6.68. The monoisotopic (exact) mass is 375 g/mol. The fraction of sp³-hybridized carbons (Fsp3) is 0.208. The summed E-state index contributed by atoms with van der Waals surface area (Å²) in [4.78, 5) is 4.51. The van der Waals surface area contributed by atoms with Crippen molar-refractivity contribution in [1.82, 2.24) is 0 Å². The summed E-state index contributed by atoms with van der Waals surface area (Å²) >= 11 is 0. The second kappa shape index (κ2) is 9.60. The fourth-order valence-corrected chi connectivity index (χ4v) is 2.66. The van der Waals surface area contributed by atoms with Crippen molar-refractivity contribution in [2.75, 3.05) is 13.7 Å². The summed E-state index contributed by atoms with van der Waals surface area (Å²) in [5.41, 5.74) is 4.16. The molecule has 0 aromatic heterocycles. The van der Waals surface area contributed by atoms with E-state index in [2.05, 4.69) is 36.2 Å². The van der Waals surface area contributed by atoms with Gasteiger partial charge < -0.3 is 14.2 Å². The van der Waals surface area contributed by atoms with Gasteiger partial charge in [0.2, 0.25) is 0 Å². The van der Waals surface area contributed by atoms with Gasteiger partial charge in [-0.05, 0) is 67.4 Å². The van der Waals surface area contributed by atoms with Crippen LogP contribution >= 0.6 is 0 Å². The number of hydrogen-bond acceptors (Lipinski definition) is 4. The molecule has 4 nitrogen and oxygen atoms in total. The van der Waals surface area contributed by atoms with Gasteiger partial charge in [-0.3, -0.25) is 4.99 Å². The molecule has 3 rings (SSSR count). The zero-order chi connectivity index (χ0) is 19.8. The maximum atomic E-state index is 5.98. The van der Waals surface area contributed by atoms with Crippen LogP contribution in [0.5, 0.6) is 17.2 Å². The lowest BCUT2D eigenvalue weighted by molar-refractivity contribution is 0.269. The zero-order valence-electron chi connectivity index (χ0n) is 16.5. The molecule has 0 fully saturated rings. The van der Waals surface area contributed by atoms with Crippen LogP contribution in [0, 0.1) is 6.92 Å². The Morgan fingerprint density at radius 1 is 0.857 bits per heavy atom. The zero-order valence-corrected chi connectivity index (χ0v) is 16.5. The predicted molar refractivity (Wildman–Crippen MR) is 113 cm³/mol. The third kappa shape index (κ3) is 5.36. The molecule has 3 aromatic rings. The van der Waals surface area contributed by atoms with E-state index in [4.69, 9.17) is 14.2 Å². The highest BCUT2D eigenvalue weighted by Crippen LogP contribution is 2.29. The van der Waals surface area contributed by atoms with Gasteiger partial charge >= 0.3 is 0 Å². The summed E-state index contributed by atoms with van der Waals surface area (Å²) in [5.74, 6) is 2.25. The van der Waals surface area contributed by atoms with Crippen LogP contribution in [0.25, 0.3) is 0 Å². The van der Waals surface area contributed by atoms with Gasteiger partial charge in [-0.15, -0.1) is 0 Å². The van der Waals surface area contributed by atoms with Crippen LogP contribution in [0.2, 0.25) is 0 Å². The molecule has 0 saturated heterocycles. The largest absolute Gasteiger partial charge is 0.497 e. The molecule has 0 amide bonds. The molecular formula is C24H25NO3. The van der Waals surface area contributed by atoms with E-state index in [0.717, 1.165) is 28.3 Å². The molecular weight excluding hydrogens is 350 g/mol. The maximum Gasteiger partial charge on any atom is 0.161 e. The highest BCUT2D eigenvalue weighted by atomic mass is 16.5. The van der Waals surface area contributed by atoms with Crippen molar-refractivity contribution >= 4 is 11.9 Å². The molecule has 0 radical (unpaired) electrons. The van der Waals surface area contributed by atoms with Crippen molar-refractivity contribution in [1.29, 1.82) is 0 Å². The van der Waals surface area contributed by atoms with Gasteiger partial charge in [0.1, 0.15) is 12.4 Å². The van der Waals surface area contributed by atoms with Crippen LogP contribution in [-0.4, -0.2) is 19.9 Å². The van der Waals surface area contributed by atoms with Gasteiger partial charge in [0.25, 0.3) is 0 Å². The average molecular weight is 375 g/mol. The summed E-state index contributed by atoms with van der Waals surface area (Å²) in [6.45, 7) is 5.10. The smallest absolute Gasteiger partial charge is 0.161 e. The Morgan fingerprint density at radius 2 is 1.61 bits per heavy atom. The standard InChI is InChI=1S/C24H25NO3/c1-4-27-24-15-20(16-25-21-10-12-22(26-3)13-11-21)9-14-23(24)28-17-19-7-5-18(2)6-8-19/h5-16H,4,17H2,1-3H3. The predicted octanol–water partition coefficient (Wildman–Crippen LogP) is 5.73. The van der Waals surface area contributed by atoms with Gasteiger partial charge in [-0.1, -0.05) is 29.8 Å². The van der Waals surface area contributed by atoms with E-state index in [9.17, 15) is 0 Å². The Labute approximate surface area is 166 Å². The van der Waals surface area contributed by atoms with Gasteiger partial charge in [-0.25, -0.2) is 0 Å². The summed E-state index contributed by atoms with van der Waals surface area (Å²) in [6.07, 6.45) is 1.81. The number of methoxy groups -OCH3 is 1. The van der Waals surface area contributed by atoms with Crippen molar-refractivity contribution in [3.05, 3.63) is 83.4 Å². The molecule has 0 bridgehead atoms. The molecule has 0 aliphatic carbocycles. The highest BCUT2D eigenvalue weighted by Gasteiger charge is 2.06. The van der Waals surface area contributed by atoms with Crippen LogP contribution < -0.4 is 14.2 Å². The normalized spacial score (nSPS) is 10.8. The first-order valence-electron chi connectivity index (χ1n) is 9.31. The molecule has 0 saturated carbocycles. The van der Waals surface area contributed by atoms with E-state index in [1.54, 1.807) is 7.11 Å². The van der Waals surface area contributed by atoms with Crippen LogP contribution in [0.1, 0.15) is 23.6 Å². The van der Waals surface area contributed by atoms with Gasteiger partial charge in [0.15, 0.2) is 11.5 Å². The van der Waals surface area contributed by atoms with Crippen LogP contribution in [0.3, 0.4) is 0 Å². The highest BCUT2D eigenvalue weighted by molar-refractivity contribution is 5.83. The van der Waals surface area contributed by atoms with Crippen molar-refractivity contribution in [2.45, 2.75) is 20.5 Å². The average Bonchev–Trinajstić information content (AvgIpc) is 2.73. The molecule has 144 valence electrons. The Morgan fingerprint density at radius 3 is 2.29 bits per heavy atom. The van der Waals surface area contributed by atoms with E-state index in [1.807, 2.05) is 55.6 Å². The number of aryl methyl sites for hydroxylation is 1. The van der Waals surface area contributed by atoms with Crippen molar-refractivity contribution in [3.8, 4) is 17.2 Å². The first-order valence-corrected chi connectivity index (χ1v) is 9.31. The second-order valence-corrected chi connectivity index (χ2v) is 6.37. The number of nitrogens with zero attached hydrogens (tertiary/aromatic N) is 1. The van der Waals surface area contributed by atoms with Gasteiger partial charge in [-0.2, -0.15) is 0 Å². The number of rotatable bonds is 8. The van der Waals surface area contributed by atoms with Crippen molar-refractivity contribution in [3.63, 3.8) is 0 Å². The van der Waals surface area contributed by atoms with E-state index >= 15 is 0 Å². The SMILES string of the molecule is CCOc1cc(C=Nc2ccc(OC)cc2)ccc1OCc1ccc(C)cc1. The molecule has 0 aliphatic heterocycles. The Hall–Kier alpha value is -3.27. The summed E-state index contributed by atoms with van der Waals surface area (Å²) in [6, 6.07) is 21.8. The number of ether oxygens (including phenoxy) is 3. The van der Waals surface area contributed by atoms with E-state index in [-0.39, 0.29) is 0 Å². The number of aliphatic imine (C=N–C) groups is 1. The molecule has 0 N–H and O–H groups in total. The number of hydrogen-bond donors (Lipinski definition) is 0. The summed E-state index contributed by atoms with van der Waals surface area (Å²) in [7, 11) is 1.65.